The zero-order chi connectivity index (χ0) is 25.4. The maximum Gasteiger partial charge on any atom is 0.313 e. The van der Waals surface area contributed by atoms with E-state index in [0.29, 0.717) is 31.8 Å². The summed E-state index contributed by atoms with van der Waals surface area (Å²) in [5, 5.41) is 4.02. The molecule has 1 unspecified atom stereocenters. The van der Waals surface area contributed by atoms with Crippen LogP contribution < -0.4 is 4.74 Å². The van der Waals surface area contributed by atoms with Gasteiger partial charge in [0, 0.05) is 5.57 Å². The van der Waals surface area contributed by atoms with Crippen LogP contribution in [0.1, 0.15) is 38.0 Å². The lowest BCUT2D eigenvalue weighted by Crippen LogP contribution is -2.21. The molecule has 0 saturated carbocycles. The van der Waals surface area contributed by atoms with E-state index < -0.39 is 12.1 Å². The van der Waals surface area contributed by atoms with E-state index in [1.807, 2.05) is 56.3 Å². The van der Waals surface area contributed by atoms with Gasteiger partial charge < -0.3 is 28.2 Å². The summed E-state index contributed by atoms with van der Waals surface area (Å²) in [6.07, 6.45) is 9.93. The van der Waals surface area contributed by atoms with Gasteiger partial charge in [0.15, 0.2) is 5.79 Å². The summed E-state index contributed by atoms with van der Waals surface area (Å²) in [6.45, 7) is 4.31. The number of benzene rings is 1. The predicted octanol–water partition coefficient (Wildman–Crippen LogP) is 5.29. The topological polar surface area (TPSA) is 88.7 Å². The van der Waals surface area contributed by atoms with Gasteiger partial charge in [0.1, 0.15) is 24.7 Å². The lowest BCUT2D eigenvalue weighted by Gasteiger charge is -2.27. The Morgan fingerprint density at radius 3 is 2.89 bits per heavy atom. The summed E-state index contributed by atoms with van der Waals surface area (Å²) >= 11 is 0. The molecule has 2 saturated heterocycles. The highest BCUT2D eigenvalue weighted by Crippen LogP contribution is 2.47. The fraction of sp³-hybridized carbons (Fsp3) is 0.310. The quantitative estimate of drug-likeness (QED) is 0.230. The van der Waals surface area contributed by atoms with E-state index in [-0.39, 0.29) is 11.9 Å². The molecule has 37 heavy (non-hydrogen) atoms. The minimum atomic E-state index is -0.664. The zero-order valence-electron chi connectivity index (χ0n) is 20.6. The molecule has 8 nitrogen and oxygen atoms in total. The molecule has 0 N–H and O–H groups in total. The third-order valence-electron chi connectivity index (χ3n) is 6.71. The fourth-order valence-corrected chi connectivity index (χ4v) is 4.98. The Morgan fingerprint density at radius 2 is 2.08 bits per heavy atom. The molecule has 0 spiro atoms. The number of hydrogen-bond acceptors (Lipinski definition) is 8. The van der Waals surface area contributed by atoms with Gasteiger partial charge in [-0.1, -0.05) is 35.0 Å². The van der Waals surface area contributed by atoms with Gasteiger partial charge in [-0.25, -0.2) is 0 Å². The van der Waals surface area contributed by atoms with Gasteiger partial charge >= 0.3 is 5.97 Å². The van der Waals surface area contributed by atoms with E-state index in [4.69, 9.17) is 28.2 Å². The first-order valence-electron chi connectivity index (χ1n) is 12.3. The summed E-state index contributed by atoms with van der Waals surface area (Å²) < 4.78 is 28.1. The molecule has 0 bridgehead atoms. The summed E-state index contributed by atoms with van der Waals surface area (Å²) in [6, 6.07) is 11.3. The van der Waals surface area contributed by atoms with Crippen LogP contribution in [0.3, 0.4) is 0 Å². The molecule has 2 aliphatic carbocycles. The van der Waals surface area contributed by atoms with Crippen molar-refractivity contribution in [2.24, 2.45) is 11.1 Å². The molecule has 2 fully saturated rings. The molecular formula is C29H27NO7. The number of cyclic esters (lactones) is 1. The van der Waals surface area contributed by atoms with Gasteiger partial charge in [-0.2, -0.15) is 0 Å². The van der Waals surface area contributed by atoms with Crippen molar-refractivity contribution in [1.82, 2.24) is 0 Å². The van der Waals surface area contributed by atoms with Crippen LogP contribution in [-0.4, -0.2) is 37.5 Å². The number of hydrogen-bond donors (Lipinski definition) is 0. The number of fused-ring (bicyclic) bond motifs is 1. The maximum absolute atomic E-state index is 12.4. The van der Waals surface area contributed by atoms with Gasteiger partial charge in [-0.15, -0.1) is 0 Å². The van der Waals surface area contributed by atoms with Crippen LogP contribution in [0.2, 0.25) is 0 Å². The second-order valence-electron chi connectivity index (χ2n) is 9.75. The van der Waals surface area contributed by atoms with Crippen LogP contribution in [0.4, 0.5) is 0 Å². The van der Waals surface area contributed by atoms with Crippen molar-refractivity contribution in [3.05, 3.63) is 94.7 Å². The largest absolute Gasteiger partial charge is 0.465 e. The lowest BCUT2D eigenvalue weighted by atomic mass is 9.75. The Labute approximate surface area is 214 Å². The highest BCUT2D eigenvalue weighted by Gasteiger charge is 2.40. The normalized spacial score (nSPS) is 25.6. The fourth-order valence-electron chi connectivity index (χ4n) is 4.98. The van der Waals surface area contributed by atoms with Crippen molar-refractivity contribution in [1.29, 1.82) is 0 Å². The molecule has 6 rings (SSSR count). The average molecular weight is 502 g/mol. The Kier molecular flexibility index (Phi) is 6.06. The first-order chi connectivity index (χ1) is 17.9. The predicted molar refractivity (Wildman–Crippen MR) is 134 cm³/mol. The number of rotatable bonds is 6. The van der Waals surface area contributed by atoms with Crippen LogP contribution >= 0.6 is 0 Å². The number of ether oxygens (including phenoxy) is 4. The minimum Gasteiger partial charge on any atom is -0.465 e. The standard InChI is InChI=1S/C29H27NO7/c1-29(2)35-17-26(36-29)37-30-14-18-5-3-6-21(12-18)33-15-19-8-9-22-20(11-19)13-23-24(16-34-28(23)31)27(22)25-7-4-10-32-25/h3-10,12,14-15,23,26H,11,13,16-17H2,1-2H3/t23?,26-/m0/s1. The monoisotopic (exact) mass is 501 g/mol. The van der Waals surface area contributed by atoms with Gasteiger partial charge in [-0.3, -0.25) is 4.79 Å². The van der Waals surface area contributed by atoms with Crippen molar-refractivity contribution in [2.75, 3.05) is 13.2 Å². The van der Waals surface area contributed by atoms with E-state index in [1.165, 1.54) is 5.57 Å². The Hall–Kier alpha value is -3.88. The van der Waals surface area contributed by atoms with Gasteiger partial charge in [0.2, 0.25) is 0 Å². The maximum atomic E-state index is 12.4. The second kappa shape index (κ2) is 9.53. The number of allylic oxidation sites excluding steroid dienone is 6. The third-order valence-corrected chi connectivity index (χ3v) is 6.71. The van der Waals surface area contributed by atoms with E-state index in [1.54, 1.807) is 18.7 Å². The minimum absolute atomic E-state index is 0.167. The van der Waals surface area contributed by atoms with Gasteiger partial charge in [0.05, 0.1) is 24.7 Å². The zero-order valence-corrected chi connectivity index (χ0v) is 20.6. The molecule has 0 radical (unpaired) electrons. The van der Waals surface area contributed by atoms with Crippen molar-refractivity contribution < 1.29 is 33.0 Å². The number of carbonyl (C=O) groups excluding carboxylic acids is 1. The van der Waals surface area contributed by atoms with Crippen LogP contribution in [-0.2, 0) is 23.8 Å². The van der Waals surface area contributed by atoms with Gasteiger partial charge in [0.25, 0.3) is 6.29 Å². The van der Waals surface area contributed by atoms with Crippen LogP contribution in [0.15, 0.2) is 92.9 Å². The van der Waals surface area contributed by atoms with Gasteiger partial charge in [-0.05, 0) is 73.2 Å². The molecule has 3 heterocycles. The number of furan rings is 1. The summed E-state index contributed by atoms with van der Waals surface area (Å²) in [7, 11) is 0. The van der Waals surface area contributed by atoms with Crippen molar-refractivity contribution >= 4 is 17.8 Å². The molecule has 2 aromatic rings. The Balaban J connectivity index is 1.14. The SMILES string of the molecule is CC1(C)OC[C@H](ON=Cc2cccc(OC=C3C=CC4=C(C3)CC3C(=O)OCC3=C4c3ccco3)c2)O1. The summed E-state index contributed by atoms with van der Waals surface area (Å²) in [5.74, 6) is 0.353. The lowest BCUT2D eigenvalue weighted by molar-refractivity contribution is -0.190. The molecular weight excluding hydrogens is 474 g/mol. The average Bonchev–Trinajstić information content (AvgIpc) is 3.63. The van der Waals surface area contributed by atoms with Crippen molar-refractivity contribution in [3.8, 4) is 5.75 Å². The molecule has 0 amide bonds. The van der Waals surface area contributed by atoms with Crippen LogP contribution in [0.25, 0.3) is 5.57 Å². The highest BCUT2D eigenvalue weighted by molar-refractivity contribution is 5.93. The first-order valence-corrected chi connectivity index (χ1v) is 12.3. The van der Waals surface area contributed by atoms with E-state index in [2.05, 4.69) is 11.2 Å². The molecule has 1 aromatic heterocycles. The number of esters is 1. The number of carbonyl (C=O) groups is 1. The Bertz CT molecular complexity index is 1360. The van der Waals surface area contributed by atoms with E-state index >= 15 is 0 Å². The van der Waals surface area contributed by atoms with E-state index in [0.717, 1.165) is 33.6 Å². The van der Waals surface area contributed by atoms with Crippen molar-refractivity contribution in [3.63, 3.8) is 0 Å². The van der Waals surface area contributed by atoms with Crippen LogP contribution in [0.5, 0.6) is 5.75 Å². The molecule has 8 heteroatoms. The first kappa shape index (κ1) is 23.5. The van der Waals surface area contributed by atoms with E-state index in [9.17, 15) is 4.79 Å². The number of nitrogens with zero attached hydrogens (tertiary/aromatic N) is 1. The summed E-state index contributed by atoms with van der Waals surface area (Å²) in [5.41, 5.74) is 6.10. The number of oxime groups is 1. The Morgan fingerprint density at radius 1 is 1.16 bits per heavy atom. The summed E-state index contributed by atoms with van der Waals surface area (Å²) in [4.78, 5) is 17.8. The highest BCUT2D eigenvalue weighted by atomic mass is 16.9. The molecule has 2 aliphatic heterocycles. The molecule has 2 atom stereocenters. The smallest absolute Gasteiger partial charge is 0.313 e. The third kappa shape index (κ3) is 4.90. The molecule has 190 valence electrons. The molecule has 4 aliphatic rings. The second-order valence-corrected chi connectivity index (χ2v) is 9.75. The molecule has 1 aromatic carbocycles. The van der Waals surface area contributed by atoms with Crippen LogP contribution in [0, 0.1) is 5.92 Å². The van der Waals surface area contributed by atoms with Crippen molar-refractivity contribution in [2.45, 2.75) is 38.8 Å².